The second-order valence-electron chi connectivity index (χ2n) is 6.80. The zero-order valence-electron chi connectivity index (χ0n) is 16.6. The SMILES string of the molecule is CCCN(CCC)C(=O)c1nc(C(=O)Nc2ccccc2C)n2ccccc12. The molecular formula is C22H26N4O2. The number of nitrogens with zero attached hydrogens (tertiary/aromatic N) is 3. The van der Waals surface area contributed by atoms with Crippen LogP contribution in [0, 0.1) is 6.92 Å². The average molecular weight is 378 g/mol. The Morgan fingerprint density at radius 3 is 2.39 bits per heavy atom. The molecule has 6 heteroatoms. The van der Waals surface area contributed by atoms with Gasteiger partial charge < -0.3 is 10.2 Å². The van der Waals surface area contributed by atoms with Crippen LogP contribution in [0.15, 0.2) is 48.7 Å². The third-order valence-corrected chi connectivity index (χ3v) is 4.62. The van der Waals surface area contributed by atoms with Crippen molar-refractivity contribution in [3.8, 4) is 0 Å². The second kappa shape index (κ2) is 8.69. The topological polar surface area (TPSA) is 66.7 Å². The van der Waals surface area contributed by atoms with Gasteiger partial charge in [-0.2, -0.15) is 0 Å². The molecule has 0 saturated carbocycles. The van der Waals surface area contributed by atoms with E-state index in [1.807, 2.05) is 63.2 Å². The van der Waals surface area contributed by atoms with Crippen LogP contribution in [0.2, 0.25) is 0 Å². The summed E-state index contributed by atoms with van der Waals surface area (Å²) in [6, 6.07) is 13.1. The Labute approximate surface area is 165 Å². The number of aryl methyl sites for hydroxylation is 1. The van der Waals surface area contributed by atoms with Crippen LogP contribution >= 0.6 is 0 Å². The van der Waals surface area contributed by atoms with Gasteiger partial charge in [-0.15, -0.1) is 0 Å². The van der Waals surface area contributed by atoms with Crippen LogP contribution in [0.25, 0.3) is 5.52 Å². The predicted molar refractivity (Wildman–Crippen MR) is 111 cm³/mol. The van der Waals surface area contributed by atoms with Gasteiger partial charge in [0.1, 0.15) is 0 Å². The number of imidazole rings is 1. The normalized spacial score (nSPS) is 10.8. The van der Waals surface area contributed by atoms with Crippen molar-refractivity contribution in [1.29, 1.82) is 0 Å². The molecule has 1 aromatic carbocycles. The van der Waals surface area contributed by atoms with Crippen molar-refractivity contribution in [2.45, 2.75) is 33.6 Å². The molecule has 0 atom stereocenters. The summed E-state index contributed by atoms with van der Waals surface area (Å²) < 4.78 is 1.68. The van der Waals surface area contributed by atoms with Crippen LogP contribution < -0.4 is 5.32 Å². The van der Waals surface area contributed by atoms with E-state index in [9.17, 15) is 9.59 Å². The summed E-state index contributed by atoms with van der Waals surface area (Å²) in [5, 5.41) is 2.90. The fourth-order valence-corrected chi connectivity index (χ4v) is 3.25. The van der Waals surface area contributed by atoms with E-state index in [4.69, 9.17) is 0 Å². The molecule has 2 aromatic heterocycles. The van der Waals surface area contributed by atoms with E-state index in [0.29, 0.717) is 24.3 Å². The summed E-state index contributed by atoms with van der Waals surface area (Å²) in [6.07, 6.45) is 3.51. The monoisotopic (exact) mass is 378 g/mol. The van der Waals surface area contributed by atoms with Gasteiger partial charge in [0.25, 0.3) is 11.8 Å². The van der Waals surface area contributed by atoms with E-state index in [1.54, 1.807) is 15.5 Å². The van der Waals surface area contributed by atoms with Crippen LogP contribution in [0.5, 0.6) is 0 Å². The maximum absolute atomic E-state index is 13.1. The summed E-state index contributed by atoms with van der Waals surface area (Å²) in [5.41, 5.74) is 2.65. The minimum Gasteiger partial charge on any atom is -0.337 e. The fourth-order valence-electron chi connectivity index (χ4n) is 3.25. The maximum Gasteiger partial charge on any atom is 0.292 e. The van der Waals surface area contributed by atoms with E-state index in [2.05, 4.69) is 10.3 Å². The van der Waals surface area contributed by atoms with Gasteiger partial charge in [-0.05, 0) is 43.5 Å². The lowest BCUT2D eigenvalue weighted by atomic mass is 10.2. The molecule has 0 aliphatic carbocycles. The number of aromatic nitrogens is 2. The van der Waals surface area contributed by atoms with E-state index >= 15 is 0 Å². The number of pyridine rings is 1. The summed E-state index contributed by atoms with van der Waals surface area (Å²) in [4.78, 5) is 32.3. The highest BCUT2D eigenvalue weighted by Crippen LogP contribution is 2.19. The van der Waals surface area contributed by atoms with Gasteiger partial charge in [0.15, 0.2) is 5.69 Å². The number of benzene rings is 1. The number of anilines is 1. The molecule has 0 radical (unpaired) electrons. The van der Waals surface area contributed by atoms with E-state index in [1.165, 1.54) is 0 Å². The molecule has 3 aromatic rings. The van der Waals surface area contributed by atoms with Crippen LogP contribution in [-0.2, 0) is 0 Å². The molecule has 0 bridgehead atoms. The first-order valence-electron chi connectivity index (χ1n) is 9.70. The molecule has 3 rings (SSSR count). The molecule has 0 aliphatic heterocycles. The average Bonchev–Trinajstić information content (AvgIpc) is 3.09. The van der Waals surface area contributed by atoms with Crippen LogP contribution in [-0.4, -0.2) is 39.2 Å². The summed E-state index contributed by atoms with van der Waals surface area (Å²) >= 11 is 0. The predicted octanol–water partition coefficient (Wildman–Crippen LogP) is 4.16. The van der Waals surface area contributed by atoms with Crippen molar-refractivity contribution in [2.24, 2.45) is 0 Å². The zero-order chi connectivity index (χ0) is 20.1. The van der Waals surface area contributed by atoms with Gasteiger partial charge in [-0.1, -0.05) is 38.1 Å². The number of carbonyl (C=O) groups excluding carboxylic acids is 2. The third-order valence-electron chi connectivity index (χ3n) is 4.62. The lowest BCUT2D eigenvalue weighted by Crippen LogP contribution is -2.33. The highest BCUT2D eigenvalue weighted by atomic mass is 16.2. The smallest absolute Gasteiger partial charge is 0.292 e. The molecule has 28 heavy (non-hydrogen) atoms. The number of amides is 2. The Balaban J connectivity index is 1.99. The molecule has 0 aliphatic rings. The Morgan fingerprint density at radius 1 is 1.04 bits per heavy atom. The number of nitrogens with one attached hydrogen (secondary N) is 1. The van der Waals surface area contributed by atoms with E-state index in [-0.39, 0.29) is 17.6 Å². The Morgan fingerprint density at radius 2 is 1.71 bits per heavy atom. The molecule has 0 fully saturated rings. The van der Waals surface area contributed by atoms with Gasteiger partial charge in [0, 0.05) is 25.0 Å². The molecule has 0 unspecified atom stereocenters. The first kappa shape index (κ1) is 19.6. The van der Waals surface area contributed by atoms with Gasteiger partial charge in [0.2, 0.25) is 5.82 Å². The van der Waals surface area contributed by atoms with Gasteiger partial charge in [-0.3, -0.25) is 14.0 Å². The number of fused-ring (bicyclic) bond motifs is 1. The van der Waals surface area contributed by atoms with Crippen LogP contribution in [0.1, 0.15) is 53.4 Å². The highest BCUT2D eigenvalue weighted by molar-refractivity contribution is 6.06. The van der Waals surface area contributed by atoms with Crippen molar-refractivity contribution >= 4 is 23.0 Å². The first-order chi connectivity index (χ1) is 13.6. The molecule has 146 valence electrons. The Hall–Kier alpha value is -3.15. The maximum atomic E-state index is 13.1. The molecule has 0 saturated heterocycles. The van der Waals surface area contributed by atoms with Crippen molar-refractivity contribution in [1.82, 2.24) is 14.3 Å². The van der Waals surface area contributed by atoms with Crippen molar-refractivity contribution < 1.29 is 9.59 Å². The summed E-state index contributed by atoms with van der Waals surface area (Å²) in [7, 11) is 0. The lowest BCUT2D eigenvalue weighted by molar-refractivity contribution is 0.0752. The van der Waals surface area contributed by atoms with E-state index < -0.39 is 0 Å². The standard InChI is InChI=1S/C22H26N4O2/c1-4-13-25(14-5-2)22(28)19-18-12-8-9-15-26(18)20(24-19)21(27)23-17-11-7-6-10-16(17)3/h6-12,15H,4-5,13-14H2,1-3H3,(H,23,27). The van der Waals surface area contributed by atoms with Crippen molar-refractivity contribution in [2.75, 3.05) is 18.4 Å². The van der Waals surface area contributed by atoms with Gasteiger partial charge in [0.05, 0.1) is 5.52 Å². The van der Waals surface area contributed by atoms with Gasteiger partial charge >= 0.3 is 0 Å². The third kappa shape index (κ3) is 3.91. The lowest BCUT2D eigenvalue weighted by Gasteiger charge is -2.20. The highest BCUT2D eigenvalue weighted by Gasteiger charge is 2.24. The second-order valence-corrected chi connectivity index (χ2v) is 6.80. The minimum atomic E-state index is -0.341. The molecular weight excluding hydrogens is 352 g/mol. The Bertz CT molecular complexity index is 987. The number of carbonyl (C=O) groups is 2. The number of hydrogen-bond acceptors (Lipinski definition) is 3. The molecule has 2 heterocycles. The van der Waals surface area contributed by atoms with Crippen LogP contribution in [0.3, 0.4) is 0 Å². The largest absolute Gasteiger partial charge is 0.337 e. The quantitative estimate of drug-likeness (QED) is 0.671. The fraction of sp³-hybridized carbons (Fsp3) is 0.318. The van der Waals surface area contributed by atoms with Crippen molar-refractivity contribution in [3.63, 3.8) is 0 Å². The van der Waals surface area contributed by atoms with Gasteiger partial charge in [-0.25, -0.2) is 4.98 Å². The summed E-state index contributed by atoms with van der Waals surface area (Å²) in [5.74, 6) is -0.274. The molecule has 6 nitrogen and oxygen atoms in total. The minimum absolute atomic E-state index is 0.137. The first-order valence-corrected chi connectivity index (χ1v) is 9.70. The number of hydrogen-bond donors (Lipinski definition) is 1. The zero-order valence-corrected chi connectivity index (χ0v) is 16.6. The number of rotatable bonds is 7. The molecule has 2 amide bonds. The van der Waals surface area contributed by atoms with Crippen molar-refractivity contribution in [3.05, 3.63) is 65.7 Å². The Kier molecular flexibility index (Phi) is 6.09. The van der Waals surface area contributed by atoms with E-state index in [0.717, 1.165) is 24.1 Å². The van der Waals surface area contributed by atoms with Crippen LogP contribution in [0.4, 0.5) is 5.69 Å². The number of para-hydroxylation sites is 1. The molecule has 0 spiro atoms. The molecule has 1 N–H and O–H groups in total. The summed E-state index contributed by atoms with van der Waals surface area (Å²) in [6.45, 7) is 7.36.